The molecule has 0 aliphatic carbocycles. The lowest BCUT2D eigenvalue weighted by molar-refractivity contribution is 0.0970. The lowest BCUT2D eigenvalue weighted by Crippen LogP contribution is -2.40. The molecule has 1 aromatic rings. The van der Waals surface area contributed by atoms with Gasteiger partial charge in [0.1, 0.15) is 5.75 Å². The molecule has 0 aliphatic heterocycles. The fraction of sp³-hybridized carbons (Fsp3) is 0.625. The van der Waals surface area contributed by atoms with E-state index in [1.807, 2.05) is 31.2 Å². The number of hydrogen-bond donors (Lipinski definition) is 2. The van der Waals surface area contributed by atoms with Crippen LogP contribution in [0.5, 0.6) is 5.75 Å². The molecule has 2 unspecified atom stereocenters. The van der Waals surface area contributed by atoms with E-state index in [0.29, 0.717) is 25.7 Å². The third kappa shape index (κ3) is 5.49. The Hall–Kier alpha value is -1.10. The Morgan fingerprint density at radius 2 is 2.05 bits per heavy atom. The average molecular weight is 281 g/mol. The molecule has 4 nitrogen and oxygen atoms in total. The minimum absolute atomic E-state index is 0.246. The van der Waals surface area contributed by atoms with Crippen LogP contribution < -0.4 is 10.1 Å². The van der Waals surface area contributed by atoms with Gasteiger partial charge < -0.3 is 19.9 Å². The van der Waals surface area contributed by atoms with Gasteiger partial charge in [-0.1, -0.05) is 26.0 Å². The van der Waals surface area contributed by atoms with Crippen molar-refractivity contribution >= 4 is 0 Å². The molecule has 0 spiro atoms. The normalized spacial score (nSPS) is 14.3. The van der Waals surface area contributed by atoms with Crippen molar-refractivity contribution in [3.63, 3.8) is 0 Å². The summed E-state index contributed by atoms with van der Waals surface area (Å²) in [4.78, 5) is 0. The third-order valence-electron chi connectivity index (χ3n) is 3.36. The smallest absolute Gasteiger partial charge is 0.119 e. The minimum Gasteiger partial charge on any atom is -0.497 e. The largest absolute Gasteiger partial charge is 0.497 e. The van der Waals surface area contributed by atoms with E-state index in [-0.39, 0.29) is 6.04 Å². The molecule has 1 rings (SSSR count). The number of hydrogen-bond acceptors (Lipinski definition) is 4. The van der Waals surface area contributed by atoms with Crippen molar-refractivity contribution in [3.05, 3.63) is 29.8 Å². The molecule has 114 valence electrons. The van der Waals surface area contributed by atoms with Gasteiger partial charge in [-0.3, -0.25) is 0 Å². The van der Waals surface area contributed by atoms with Crippen LogP contribution in [-0.4, -0.2) is 38.0 Å². The summed E-state index contributed by atoms with van der Waals surface area (Å²) in [6.45, 7) is 8.16. The van der Waals surface area contributed by atoms with Crippen molar-refractivity contribution in [2.75, 3.05) is 26.9 Å². The first kappa shape index (κ1) is 17.0. The van der Waals surface area contributed by atoms with E-state index in [1.165, 1.54) is 0 Å². The van der Waals surface area contributed by atoms with Crippen LogP contribution in [0.15, 0.2) is 24.3 Å². The molecule has 1 aromatic carbocycles. The van der Waals surface area contributed by atoms with Gasteiger partial charge in [0.15, 0.2) is 0 Å². The maximum Gasteiger partial charge on any atom is 0.119 e. The minimum atomic E-state index is -0.548. The fourth-order valence-electron chi connectivity index (χ4n) is 1.96. The molecule has 0 aliphatic rings. The van der Waals surface area contributed by atoms with Crippen molar-refractivity contribution in [3.8, 4) is 5.75 Å². The molecule has 0 radical (unpaired) electrons. The molecule has 0 fully saturated rings. The molecule has 0 bridgehead atoms. The number of methoxy groups -OCH3 is 1. The molecule has 20 heavy (non-hydrogen) atoms. The van der Waals surface area contributed by atoms with Gasteiger partial charge in [0.2, 0.25) is 0 Å². The molecule has 0 aromatic heterocycles. The molecule has 4 heteroatoms. The summed E-state index contributed by atoms with van der Waals surface area (Å²) in [5.41, 5.74) is 0.857. The number of benzene rings is 1. The van der Waals surface area contributed by atoms with Crippen LogP contribution in [0.1, 0.15) is 32.4 Å². The van der Waals surface area contributed by atoms with Gasteiger partial charge in [-0.2, -0.15) is 0 Å². The van der Waals surface area contributed by atoms with Crippen molar-refractivity contribution in [1.82, 2.24) is 5.32 Å². The molecule has 2 atom stereocenters. The average Bonchev–Trinajstić information content (AvgIpc) is 2.46. The Kier molecular flexibility index (Phi) is 7.59. The molecule has 0 heterocycles. The molecule has 0 amide bonds. The van der Waals surface area contributed by atoms with E-state index in [0.717, 1.165) is 11.3 Å². The number of nitrogens with one attached hydrogen (secondary N) is 1. The summed E-state index contributed by atoms with van der Waals surface area (Å²) in [5.74, 6) is 1.22. The van der Waals surface area contributed by atoms with Crippen LogP contribution in [0.2, 0.25) is 0 Å². The zero-order chi connectivity index (χ0) is 15.0. The lowest BCUT2D eigenvalue weighted by Gasteiger charge is -2.24. The predicted octanol–water partition coefficient (Wildman–Crippen LogP) is 2.38. The number of aliphatic hydroxyl groups excluding tert-OH is 1. The van der Waals surface area contributed by atoms with Crippen molar-refractivity contribution in [2.45, 2.75) is 32.9 Å². The fourth-order valence-corrected chi connectivity index (χ4v) is 1.96. The molecule has 0 saturated heterocycles. The van der Waals surface area contributed by atoms with Crippen molar-refractivity contribution in [2.24, 2.45) is 5.92 Å². The summed E-state index contributed by atoms with van der Waals surface area (Å²) in [6.07, 6.45) is -0.548. The van der Waals surface area contributed by atoms with Gasteiger partial charge in [0.25, 0.3) is 0 Å². The highest BCUT2D eigenvalue weighted by atomic mass is 16.5. The van der Waals surface area contributed by atoms with Crippen LogP contribution in [0.4, 0.5) is 0 Å². The zero-order valence-electron chi connectivity index (χ0n) is 12.9. The highest BCUT2D eigenvalue weighted by Crippen LogP contribution is 2.18. The van der Waals surface area contributed by atoms with Gasteiger partial charge in [-0.15, -0.1) is 0 Å². The molecular formula is C16H27NO3. The maximum atomic E-state index is 10.2. The van der Waals surface area contributed by atoms with Gasteiger partial charge in [0.05, 0.1) is 19.8 Å². The predicted molar refractivity (Wildman–Crippen MR) is 81.1 cm³/mol. The molecule has 2 N–H and O–H groups in total. The van der Waals surface area contributed by atoms with E-state index in [4.69, 9.17) is 9.47 Å². The second-order valence-electron chi connectivity index (χ2n) is 5.21. The number of ether oxygens (including phenoxy) is 2. The summed E-state index contributed by atoms with van der Waals surface area (Å²) in [5, 5.41) is 13.6. The van der Waals surface area contributed by atoms with Gasteiger partial charge in [0, 0.05) is 19.2 Å². The van der Waals surface area contributed by atoms with Gasteiger partial charge >= 0.3 is 0 Å². The standard InChI is InChI=1S/C16H27NO3/c1-5-20-11-15(12(2)3)17-10-16(18)13-7-6-8-14(9-13)19-4/h6-9,12,15-18H,5,10-11H2,1-4H3. The second-order valence-corrected chi connectivity index (χ2v) is 5.21. The summed E-state index contributed by atoms with van der Waals surface area (Å²) in [7, 11) is 1.63. The van der Waals surface area contributed by atoms with Crippen LogP contribution in [-0.2, 0) is 4.74 Å². The van der Waals surface area contributed by atoms with E-state index in [1.54, 1.807) is 7.11 Å². The maximum absolute atomic E-state index is 10.2. The Morgan fingerprint density at radius 1 is 1.30 bits per heavy atom. The van der Waals surface area contributed by atoms with Gasteiger partial charge in [-0.05, 0) is 30.5 Å². The monoisotopic (exact) mass is 281 g/mol. The number of rotatable bonds is 9. The van der Waals surface area contributed by atoms with Gasteiger partial charge in [-0.25, -0.2) is 0 Å². The lowest BCUT2D eigenvalue weighted by atomic mass is 10.0. The van der Waals surface area contributed by atoms with Crippen LogP contribution >= 0.6 is 0 Å². The molecule has 0 saturated carbocycles. The Labute approximate surface area is 122 Å². The Morgan fingerprint density at radius 3 is 2.65 bits per heavy atom. The molecular weight excluding hydrogens is 254 g/mol. The van der Waals surface area contributed by atoms with Crippen molar-refractivity contribution < 1.29 is 14.6 Å². The second kappa shape index (κ2) is 8.95. The van der Waals surface area contributed by atoms with Crippen LogP contribution in [0.3, 0.4) is 0 Å². The Balaban J connectivity index is 2.53. The van der Waals surface area contributed by atoms with E-state index >= 15 is 0 Å². The summed E-state index contributed by atoms with van der Waals surface area (Å²) < 4.78 is 10.6. The van der Waals surface area contributed by atoms with Crippen molar-refractivity contribution in [1.29, 1.82) is 0 Å². The first-order chi connectivity index (χ1) is 9.58. The van der Waals surface area contributed by atoms with E-state index in [2.05, 4.69) is 19.2 Å². The highest BCUT2D eigenvalue weighted by Gasteiger charge is 2.15. The summed E-state index contributed by atoms with van der Waals surface area (Å²) >= 11 is 0. The van der Waals surface area contributed by atoms with E-state index < -0.39 is 6.10 Å². The first-order valence-electron chi connectivity index (χ1n) is 7.21. The zero-order valence-corrected chi connectivity index (χ0v) is 12.9. The quantitative estimate of drug-likeness (QED) is 0.729. The van der Waals surface area contributed by atoms with Crippen LogP contribution in [0, 0.1) is 5.92 Å². The summed E-state index contributed by atoms with van der Waals surface area (Å²) in [6, 6.07) is 7.77. The third-order valence-corrected chi connectivity index (χ3v) is 3.36. The number of aliphatic hydroxyl groups is 1. The van der Waals surface area contributed by atoms with E-state index in [9.17, 15) is 5.11 Å². The highest BCUT2D eigenvalue weighted by molar-refractivity contribution is 5.29. The van der Waals surface area contributed by atoms with Crippen LogP contribution in [0.25, 0.3) is 0 Å². The first-order valence-corrected chi connectivity index (χ1v) is 7.21. The topological polar surface area (TPSA) is 50.7 Å². The Bertz CT molecular complexity index is 382. The SMILES string of the molecule is CCOCC(NCC(O)c1cccc(OC)c1)C(C)C.